The number of benzene rings is 1. The Labute approximate surface area is 112 Å². The van der Waals surface area contributed by atoms with E-state index >= 15 is 0 Å². The Morgan fingerprint density at radius 2 is 2.06 bits per heavy atom. The van der Waals surface area contributed by atoms with Crippen molar-refractivity contribution in [2.45, 2.75) is 38.5 Å². The Hall–Kier alpha value is -1.03. The first-order chi connectivity index (χ1) is 8.61. The summed E-state index contributed by atoms with van der Waals surface area (Å²) in [7, 11) is 0. The summed E-state index contributed by atoms with van der Waals surface area (Å²) < 4.78 is 12.7. The first kappa shape index (κ1) is 15.0. The molecule has 0 unspecified atom stereocenters. The lowest BCUT2D eigenvalue weighted by Crippen LogP contribution is -2.33. The van der Waals surface area contributed by atoms with Gasteiger partial charge in [-0.15, -0.1) is 11.8 Å². The van der Waals surface area contributed by atoms with Gasteiger partial charge in [-0.3, -0.25) is 4.79 Å². The van der Waals surface area contributed by atoms with Crippen LogP contribution in [0.4, 0.5) is 4.39 Å². The van der Waals surface area contributed by atoms with E-state index in [4.69, 9.17) is 0 Å². The zero-order chi connectivity index (χ0) is 13.4. The molecule has 0 saturated heterocycles. The van der Waals surface area contributed by atoms with Crippen molar-refractivity contribution in [2.75, 3.05) is 5.75 Å². The molecule has 0 aromatic heterocycles. The van der Waals surface area contributed by atoms with E-state index in [0.717, 1.165) is 24.2 Å². The van der Waals surface area contributed by atoms with Crippen LogP contribution in [-0.4, -0.2) is 17.7 Å². The van der Waals surface area contributed by atoms with Gasteiger partial charge in [0.25, 0.3) is 0 Å². The first-order valence-corrected chi connectivity index (χ1v) is 7.39. The van der Waals surface area contributed by atoms with Gasteiger partial charge >= 0.3 is 0 Å². The maximum absolute atomic E-state index is 12.7. The van der Waals surface area contributed by atoms with Crippen molar-refractivity contribution >= 4 is 17.7 Å². The molecule has 18 heavy (non-hydrogen) atoms. The molecule has 0 aliphatic heterocycles. The summed E-state index contributed by atoms with van der Waals surface area (Å²) in [4.78, 5) is 11.6. The average molecular weight is 269 g/mol. The minimum Gasteiger partial charge on any atom is -0.353 e. The largest absolute Gasteiger partial charge is 0.353 e. The van der Waals surface area contributed by atoms with Gasteiger partial charge in [0.05, 0.1) is 5.75 Å². The smallest absolute Gasteiger partial charge is 0.230 e. The number of halogens is 1. The van der Waals surface area contributed by atoms with Crippen molar-refractivity contribution in [1.29, 1.82) is 0 Å². The lowest BCUT2D eigenvalue weighted by Gasteiger charge is -2.12. The number of carbonyl (C=O) groups is 1. The quantitative estimate of drug-likeness (QED) is 0.822. The molecular weight excluding hydrogens is 249 g/mol. The van der Waals surface area contributed by atoms with Crippen LogP contribution >= 0.6 is 11.8 Å². The fraction of sp³-hybridized carbons (Fsp3) is 0.500. The Balaban J connectivity index is 2.21. The van der Waals surface area contributed by atoms with Gasteiger partial charge in [0.2, 0.25) is 5.91 Å². The number of thioether (sulfide) groups is 1. The molecule has 1 amide bonds. The van der Waals surface area contributed by atoms with Crippen LogP contribution in [0.25, 0.3) is 0 Å². The summed E-state index contributed by atoms with van der Waals surface area (Å²) in [5, 5.41) is 2.96. The van der Waals surface area contributed by atoms with Gasteiger partial charge in [-0.05, 0) is 31.0 Å². The highest BCUT2D eigenvalue weighted by molar-refractivity contribution is 7.99. The number of hydrogen-bond acceptors (Lipinski definition) is 2. The minimum atomic E-state index is -0.227. The Morgan fingerprint density at radius 3 is 2.67 bits per heavy atom. The van der Waals surface area contributed by atoms with Crippen molar-refractivity contribution in [3.05, 3.63) is 35.6 Å². The normalized spacial score (nSPS) is 12.2. The minimum absolute atomic E-state index is 0.0723. The summed E-state index contributed by atoms with van der Waals surface area (Å²) in [5.41, 5.74) is 1.04. The third-order valence-corrected chi connectivity index (χ3v) is 3.55. The highest BCUT2D eigenvalue weighted by atomic mass is 32.2. The molecule has 4 heteroatoms. The first-order valence-electron chi connectivity index (χ1n) is 6.23. The summed E-state index contributed by atoms with van der Waals surface area (Å²) in [5.74, 6) is 1.03. The van der Waals surface area contributed by atoms with Crippen LogP contribution in [0.5, 0.6) is 0 Å². The predicted molar refractivity (Wildman–Crippen MR) is 75.1 cm³/mol. The molecule has 0 aliphatic carbocycles. The average Bonchev–Trinajstić information content (AvgIpc) is 2.32. The lowest BCUT2D eigenvalue weighted by atomic mass is 10.2. The van der Waals surface area contributed by atoms with E-state index in [1.807, 2.05) is 6.92 Å². The summed E-state index contributed by atoms with van der Waals surface area (Å²) >= 11 is 1.55. The SMILES string of the molecule is CCC[C@H](C)NC(=O)CSCc1ccc(F)cc1. The van der Waals surface area contributed by atoms with E-state index in [9.17, 15) is 9.18 Å². The van der Waals surface area contributed by atoms with E-state index in [1.165, 1.54) is 12.1 Å². The van der Waals surface area contributed by atoms with Gasteiger partial charge < -0.3 is 5.32 Å². The molecule has 0 saturated carbocycles. The van der Waals surface area contributed by atoms with Gasteiger partial charge in [0, 0.05) is 11.8 Å². The monoisotopic (exact) mass is 269 g/mol. The van der Waals surface area contributed by atoms with Gasteiger partial charge in [0.1, 0.15) is 5.82 Å². The summed E-state index contributed by atoms with van der Waals surface area (Å²) in [6, 6.07) is 6.63. The topological polar surface area (TPSA) is 29.1 Å². The van der Waals surface area contributed by atoms with E-state index in [0.29, 0.717) is 5.75 Å². The molecule has 0 heterocycles. The highest BCUT2D eigenvalue weighted by Gasteiger charge is 2.06. The third-order valence-electron chi connectivity index (χ3n) is 2.54. The van der Waals surface area contributed by atoms with Crippen molar-refractivity contribution in [3.63, 3.8) is 0 Å². The Kier molecular flexibility index (Phi) is 6.80. The van der Waals surface area contributed by atoms with E-state index < -0.39 is 0 Å². The van der Waals surface area contributed by atoms with Crippen molar-refractivity contribution < 1.29 is 9.18 Å². The van der Waals surface area contributed by atoms with Crippen LogP contribution < -0.4 is 5.32 Å². The van der Waals surface area contributed by atoms with Crippen molar-refractivity contribution in [1.82, 2.24) is 5.32 Å². The van der Waals surface area contributed by atoms with Crippen LogP contribution in [0.1, 0.15) is 32.3 Å². The Bertz CT molecular complexity index is 367. The van der Waals surface area contributed by atoms with E-state index in [1.54, 1.807) is 23.9 Å². The molecule has 0 radical (unpaired) electrons. The molecule has 0 fully saturated rings. The number of carbonyl (C=O) groups excluding carboxylic acids is 1. The maximum atomic E-state index is 12.7. The molecule has 0 bridgehead atoms. The summed E-state index contributed by atoms with van der Waals surface area (Å²) in [6.45, 7) is 4.12. The molecule has 100 valence electrons. The van der Waals surface area contributed by atoms with Crippen LogP contribution in [0.15, 0.2) is 24.3 Å². The van der Waals surface area contributed by atoms with Crippen LogP contribution in [0, 0.1) is 5.82 Å². The second-order valence-electron chi connectivity index (χ2n) is 4.38. The molecule has 1 aromatic carbocycles. The van der Waals surface area contributed by atoms with E-state index in [2.05, 4.69) is 12.2 Å². The zero-order valence-electron chi connectivity index (χ0n) is 10.9. The van der Waals surface area contributed by atoms with E-state index in [-0.39, 0.29) is 17.8 Å². The van der Waals surface area contributed by atoms with Crippen LogP contribution in [0.2, 0.25) is 0 Å². The fourth-order valence-electron chi connectivity index (χ4n) is 1.66. The van der Waals surface area contributed by atoms with Gasteiger partial charge in [-0.2, -0.15) is 0 Å². The Morgan fingerprint density at radius 1 is 1.39 bits per heavy atom. The molecule has 1 aromatic rings. The second-order valence-corrected chi connectivity index (χ2v) is 5.36. The van der Waals surface area contributed by atoms with Gasteiger partial charge in [0.15, 0.2) is 0 Å². The fourth-order valence-corrected chi connectivity index (χ4v) is 2.46. The molecule has 1 atom stereocenters. The zero-order valence-corrected chi connectivity index (χ0v) is 11.7. The third kappa shape index (κ3) is 6.05. The lowest BCUT2D eigenvalue weighted by molar-refractivity contribution is -0.119. The molecule has 0 aliphatic rings. The van der Waals surface area contributed by atoms with Crippen molar-refractivity contribution in [3.8, 4) is 0 Å². The molecule has 1 N–H and O–H groups in total. The second kappa shape index (κ2) is 8.14. The summed E-state index contributed by atoms with van der Waals surface area (Å²) in [6.07, 6.45) is 2.08. The maximum Gasteiger partial charge on any atom is 0.230 e. The van der Waals surface area contributed by atoms with Crippen LogP contribution in [-0.2, 0) is 10.5 Å². The van der Waals surface area contributed by atoms with Gasteiger partial charge in [-0.25, -0.2) is 4.39 Å². The number of hydrogen-bond donors (Lipinski definition) is 1. The predicted octanol–water partition coefficient (Wildman–Crippen LogP) is 3.36. The van der Waals surface area contributed by atoms with Gasteiger partial charge in [-0.1, -0.05) is 25.5 Å². The number of nitrogens with one attached hydrogen (secondary N) is 1. The highest BCUT2D eigenvalue weighted by Crippen LogP contribution is 2.12. The molecule has 2 nitrogen and oxygen atoms in total. The van der Waals surface area contributed by atoms with Crippen molar-refractivity contribution in [2.24, 2.45) is 0 Å². The molecule has 0 spiro atoms. The molecule has 1 rings (SSSR count). The number of rotatable bonds is 7. The molecular formula is C14H20FNOS. The standard InChI is InChI=1S/C14H20FNOS/c1-3-4-11(2)16-14(17)10-18-9-12-5-7-13(15)8-6-12/h5-8,11H,3-4,9-10H2,1-2H3,(H,16,17)/t11-/m0/s1. The number of amides is 1. The van der Waals surface area contributed by atoms with Crippen LogP contribution in [0.3, 0.4) is 0 Å².